The second-order valence-corrected chi connectivity index (χ2v) is 7.36. The number of nitrogens with one attached hydrogen (secondary N) is 1. The summed E-state index contributed by atoms with van der Waals surface area (Å²) >= 11 is 0. The van der Waals surface area contributed by atoms with E-state index in [4.69, 9.17) is 23.7 Å². The lowest BCUT2D eigenvalue weighted by atomic mass is 10.1. The lowest BCUT2D eigenvalue weighted by Gasteiger charge is -2.20. The molecule has 0 spiro atoms. The van der Waals surface area contributed by atoms with Gasteiger partial charge in [0.25, 0.3) is 0 Å². The Morgan fingerprint density at radius 3 is 1.68 bits per heavy atom. The fourth-order valence-corrected chi connectivity index (χ4v) is 2.14. The van der Waals surface area contributed by atoms with E-state index in [2.05, 4.69) is 36.4 Å². The maximum atomic E-state index is 5.49. The molecule has 1 rings (SSSR count). The molecule has 0 radical (unpaired) electrons. The van der Waals surface area contributed by atoms with Gasteiger partial charge in [0.05, 0.1) is 78.3 Å². The Morgan fingerprint density at radius 1 is 0.786 bits per heavy atom. The zero-order valence-electron chi connectivity index (χ0n) is 17.9. The van der Waals surface area contributed by atoms with Crippen molar-refractivity contribution in [1.82, 2.24) is 20.3 Å². The summed E-state index contributed by atoms with van der Waals surface area (Å²) < 4.78 is 29.1. The van der Waals surface area contributed by atoms with Gasteiger partial charge in [0.15, 0.2) is 0 Å². The standard InChI is InChI=1S/C19H38N4O5/c1-18-17-23(22-21-18)6-8-25-10-12-27-14-16-28-15-13-26-11-9-24-7-5-20-19(2,3)4/h17,20H,5-16H2,1-4H3. The minimum absolute atomic E-state index is 0.131. The van der Waals surface area contributed by atoms with Crippen molar-refractivity contribution in [3.8, 4) is 0 Å². The lowest BCUT2D eigenvalue weighted by molar-refractivity contribution is -0.0115. The SMILES string of the molecule is Cc1cn(CCOCCOCCOCCOCCOCCNC(C)(C)C)nn1. The third kappa shape index (κ3) is 15.9. The quantitative estimate of drug-likeness (QED) is 0.365. The van der Waals surface area contributed by atoms with E-state index in [0.29, 0.717) is 72.6 Å². The van der Waals surface area contributed by atoms with Crippen LogP contribution in [0.1, 0.15) is 26.5 Å². The number of aromatic nitrogens is 3. The molecule has 0 saturated carbocycles. The smallest absolute Gasteiger partial charge is 0.0796 e. The lowest BCUT2D eigenvalue weighted by Crippen LogP contribution is -2.38. The van der Waals surface area contributed by atoms with Crippen molar-refractivity contribution in [2.75, 3.05) is 72.6 Å². The van der Waals surface area contributed by atoms with E-state index >= 15 is 0 Å². The van der Waals surface area contributed by atoms with E-state index in [1.165, 1.54) is 0 Å². The number of rotatable bonds is 18. The molecule has 0 unspecified atom stereocenters. The Labute approximate surface area is 169 Å². The average Bonchev–Trinajstić information content (AvgIpc) is 3.05. The number of hydrogen-bond donors (Lipinski definition) is 1. The van der Waals surface area contributed by atoms with E-state index < -0.39 is 0 Å². The van der Waals surface area contributed by atoms with Gasteiger partial charge in [-0.3, -0.25) is 0 Å². The van der Waals surface area contributed by atoms with Crippen LogP contribution in [0.15, 0.2) is 6.20 Å². The highest BCUT2D eigenvalue weighted by Gasteiger charge is 2.06. The van der Waals surface area contributed by atoms with E-state index in [1.54, 1.807) is 4.68 Å². The minimum Gasteiger partial charge on any atom is -0.378 e. The molecule has 0 aromatic carbocycles. The summed E-state index contributed by atoms with van der Waals surface area (Å²) in [5.74, 6) is 0. The largest absolute Gasteiger partial charge is 0.378 e. The van der Waals surface area contributed by atoms with Crippen molar-refractivity contribution in [1.29, 1.82) is 0 Å². The monoisotopic (exact) mass is 402 g/mol. The maximum Gasteiger partial charge on any atom is 0.0796 e. The van der Waals surface area contributed by atoms with Gasteiger partial charge in [0.2, 0.25) is 0 Å². The van der Waals surface area contributed by atoms with Gasteiger partial charge < -0.3 is 29.0 Å². The normalized spacial score (nSPS) is 12.0. The van der Waals surface area contributed by atoms with Crippen molar-refractivity contribution in [3.05, 3.63) is 11.9 Å². The number of ether oxygens (including phenoxy) is 5. The molecular formula is C19H38N4O5. The van der Waals surface area contributed by atoms with E-state index in [9.17, 15) is 0 Å². The van der Waals surface area contributed by atoms with E-state index in [0.717, 1.165) is 12.2 Å². The summed E-state index contributed by atoms with van der Waals surface area (Å²) in [6.45, 7) is 15.7. The first-order valence-electron chi connectivity index (χ1n) is 9.98. The highest BCUT2D eigenvalue weighted by atomic mass is 16.6. The Balaban J connectivity index is 1.70. The van der Waals surface area contributed by atoms with Crippen molar-refractivity contribution in [2.24, 2.45) is 0 Å². The summed E-state index contributed by atoms with van der Waals surface area (Å²) in [5.41, 5.74) is 1.04. The van der Waals surface area contributed by atoms with Gasteiger partial charge in [-0.15, -0.1) is 5.10 Å². The predicted octanol–water partition coefficient (Wildman–Crippen LogP) is 1.06. The number of hydrogen-bond acceptors (Lipinski definition) is 8. The molecule has 28 heavy (non-hydrogen) atoms. The molecule has 0 fully saturated rings. The topological polar surface area (TPSA) is 88.9 Å². The van der Waals surface area contributed by atoms with Crippen LogP contribution in [0, 0.1) is 6.92 Å². The summed E-state index contributed by atoms with van der Waals surface area (Å²) in [5, 5.41) is 11.2. The van der Waals surface area contributed by atoms with Crippen LogP contribution in [0.3, 0.4) is 0 Å². The van der Waals surface area contributed by atoms with Crippen molar-refractivity contribution in [3.63, 3.8) is 0 Å². The van der Waals surface area contributed by atoms with Crippen molar-refractivity contribution >= 4 is 0 Å². The van der Waals surface area contributed by atoms with Crippen LogP contribution in [0.25, 0.3) is 0 Å². The van der Waals surface area contributed by atoms with Crippen LogP contribution in [-0.2, 0) is 30.2 Å². The summed E-state index contributed by atoms with van der Waals surface area (Å²) in [4.78, 5) is 0. The third-order valence-electron chi connectivity index (χ3n) is 3.51. The predicted molar refractivity (Wildman–Crippen MR) is 107 cm³/mol. The van der Waals surface area contributed by atoms with Gasteiger partial charge in [-0.2, -0.15) is 0 Å². The molecule has 0 atom stereocenters. The van der Waals surface area contributed by atoms with Crippen molar-refractivity contribution in [2.45, 2.75) is 39.8 Å². The van der Waals surface area contributed by atoms with Gasteiger partial charge in [-0.1, -0.05) is 5.21 Å². The Kier molecular flexibility index (Phi) is 14.1. The molecule has 0 aliphatic heterocycles. The third-order valence-corrected chi connectivity index (χ3v) is 3.51. The Morgan fingerprint density at radius 2 is 1.25 bits per heavy atom. The first-order chi connectivity index (χ1) is 13.5. The molecule has 1 aromatic rings. The molecule has 1 heterocycles. The van der Waals surface area contributed by atoms with Gasteiger partial charge in [0, 0.05) is 18.3 Å². The van der Waals surface area contributed by atoms with E-state index in [1.807, 2.05) is 13.1 Å². The highest BCUT2D eigenvalue weighted by molar-refractivity contribution is 4.86. The fraction of sp³-hybridized carbons (Fsp3) is 0.895. The number of nitrogens with zero attached hydrogens (tertiary/aromatic N) is 3. The zero-order valence-corrected chi connectivity index (χ0v) is 17.9. The van der Waals surface area contributed by atoms with Crippen LogP contribution >= 0.6 is 0 Å². The van der Waals surface area contributed by atoms with Crippen LogP contribution in [0.2, 0.25) is 0 Å². The first-order valence-corrected chi connectivity index (χ1v) is 9.98. The molecule has 1 aromatic heterocycles. The second kappa shape index (κ2) is 15.8. The summed E-state index contributed by atoms with van der Waals surface area (Å²) in [6, 6.07) is 0. The molecule has 9 heteroatoms. The molecule has 9 nitrogen and oxygen atoms in total. The van der Waals surface area contributed by atoms with Gasteiger partial charge in [-0.05, 0) is 27.7 Å². The average molecular weight is 403 g/mol. The van der Waals surface area contributed by atoms with Crippen LogP contribution in [0.4, 0.5) is 0 Å². The maximum absolute atomic E-state index is 5.49. The first kappa shape index (κ1) is 24.9. The molecule has 164 valence electrons. The van der Waals surface area contributed by atoms with E-state index in [-0.39, 0.29) is 5.54 Å². The van der Waals surface area contributed by atoms with Gasteiger partial charge in [0.1, 0.15) is 0 Å². The second-order valence-electron chi connectivity index (χ2n) is 7.36. The molecule has 0 saturated heterocycles. The summed E-state index contributed by atoms with van der Waals surface area (Å²) in [7, 11) is 0. The molecular weight excluding hydrogens is 364 g/mol. The fourth-order valence-electron chi connectivity index (χ4n) is 2.14. The molecule has 0 aliphatic rings. The molecule has 0 amide bonds. The van der Waals surface area contributed by atoms with Crippen LogP contribution in [-0.4, -0.2) is 93.1 Å². The Bertz CT molecular complexity index is 479. The number of aryl methyl sites for hydroxylation is 1. The molecule has 0 aliphatic carbocycles. The van der Waals surface area contributed by atoms with Gasteiger partial charge >= 0.3 is 0 Å². The Hall–Kier alpha value is -1.10. The zero-order chi connectivity index (χ0) is 20.5. The molecule has 1 N–H and O–H groups in total. The summed E-state index contributed by atoms with van der Waals surface area (Å²) in [6.07, 6.45) is 1.89. The van der Waals surface area contributed by atoms with Gasteiger partial charge in [-0.25, -0.2) is 4.68 Å². The van der Waals surface area contributed by atoms with Crippen molar-refractivity contribution < 1.29 is 23.7 Å². The highest BCUT2D eigenvalue weighted by Crippen LogP contribution is 1.96. The minimum atomic E-state index is 0.131. The van der Waals surface area contributed by atoms with Crippen LogP contribution in [0.5, 0.6) is 0 Å². The molecule has 0 bridgehead atoms. The van der Waals surface area contributed by atoms with Crippen LogP contribution < -0.4 is 5.32 Å².